The van der Waals surface area contributed by atoms with Crippen molar-refractivity contribution in [3.8, 4) is 0 Å². The Kier molecular flexibility index (Phi) is 6.02. The number of fused-ring (bicyclic) bond motifs is 2. The maximum atomic E-state index is 13.2. The topological polar surface area (TPSA) is 114 Å². The number of hydrogen-bond acceptors (Lipinski definition) is 5. The summed E-state index contributed by atoms with van der Waals surface area (Å²) in [7, 11) is 1.67. The van der Waals surface area contributed by atoms with Gasteiger partial charge in [0.25, 0.3) is 11.8 Å². The smallest absolute Gasteiger partial charge is 0.274 e. The molecule has 5 rings (SSSR count). The molecule has 0 radical (unpaired) electrons. The quantitative estimate of drug-likeness (QED) is 0.575. The molecular formula is C26H29N5O4. The molecule has 2 aromatic rings. The van der Waals surface area contributed by atoms with Gasteiger partial charge in [0.1, 0.15) is 11.4 Å². The van der Waals surface area contributed by atoms with Crippen LogP contribution in [-0.2, 0) is 26.8 Å². The van der Waals surface area contributed by atoms with Crippen molar-refractivity contribution in [2.24, 2.45) is 13.0 Å². The lowest BCUT2D eigenvalue weighted by Crippen LogP contribution is -2.39. The first-order valence-corrected chi connectivity index (χ1v) is 11.9. The minimum absolute atomic E-state index is 0.0236. The minimum Gasteiger partial charge on any atom is -0.381 e. The molecule has 3 heterocycles. The Morgan fingerprint density at radius 3 is 2.71 bits per heavy atom. The van der Waals surface area contributed by atoms with Gasteiger partial charge < -0.3 is 20.7 Å². The lowest BCUT2D eigenvalue weighted by Gasteiger charge is -2.31. The van der Waals surface area contributed by atoms with Crippen molar-refractivity contribution in [1.29, 1.82) is 0 Å². The highest BCUT2D eigenvalue weighted by molar-refractivity contribution is 6.10. The van der Waals surface area contributed by atoms with Crippen molar-refractivity contribution < 1.29 is 19.1 Å². The lowest BCUT2D eigenvalue weighted by molar-refractivity contribution is -0.124. The van der Waals surface area contributed by atoms with Crippen molar-refractivity contribution in [3.05, 3.63) is 65.1 Å². The van der Waals surface area contributed by atoms with E-state index in [1.165, 1.54) is 16.5 Å². The number of carbonyl (C=O) groups is 3. The van der Waals surface area contributed by atoms with Crippen LogP contribution in [0.5, 0.6) is 0 Å². The molecule has 1 saturated heterocycles. The minimum atomic E-state index is -0.566. The van der Waals surface area contributed by atoms with Crippen LogP contribution in [0, 0.1) is 5.92 Å². The highest BCUT2D eigenvalue weighted by Gasteiger charge is 2.47. The van der Waals surface area contributed by atoms with E-state index >= 15 is 0 Å². The first kappa shape index (κ1) is 23.0. The lowest BCUT2D eigenvalue weighted by atomic mass is 9.75. The number of carbonyl (C=O) groups excluding carboxylic acids is 3. The molecule has 1 aromatic carbocycles. The van der Waals surface area contributed by atoms with Crippen molar-refractivity contribution in [2.45, 2.75) is 38.0 Å². The van der Waals surface area contributed by atoms with Gasteiger partial charge in [-0.25, -0.2) is 0 Å². The molecule has 3 amide bonds. The first-order valence-electron chi connectivity index (χ1n) is 11.9. The van der Waals surface area contributed by atoms with E-state index in [0.717, 1.165) is 18.4 Å². The monoisotopic (exact) mass is 475 g/mol. The predicted molar refractivity (Wildman–Crippen MR) is 131 cm³/mol. The number of allylic oxidation sites excluding steroid dienone is 3. The summed E-state index contributed by atoms with van der Waals surface area (Å²) >= 11 is 0. The molecule has 1 aromatic heterocycles. The van der Waals surface area contributed by atoms with Gasteiger partial charge in [0.05, 0.1) is 5.41 Å². The second-order valence-corrected chi connectivity index (χ2v) is 9.42. The third-order valence-corrected chi connectivity index (χ3v) is 7.33. The van der Waals surface area contributed by atoms with Gasteiger partial charge in [-0.05, 0) is 61.4 Å². The molecule has 1 aliphatic carbocycles. The zero-order valence-corrected chi connectivity index (χ0v) is 19.9. The number of benzene rings is 1. The number of aromatic nitrogens is 2. The molecule has 0 bridgehead atoms. The fraction of sp³-hybridized carbons (Fsp3) is 0.385. The van der Waals surface area contributed by atoms with Crippen LogP contribution in [0.15, 0.2) is 53.9 Å². The van der Waals surface area contributed by atoms with Crippen molar-refractivity contribution in [3.63, 3.8) is 0 Å². The van der Waals surface area contributed by atoms with E-state index < -0.39 is 17.2 Å². The van der Waals surface area contributed by atoms with Crippen LogP contribution in [-0.4, -0.2) is 40.7 Å². The molecule has 3 aliphatic rings. The van der Waals surface area contributed by atoms with E-state index in [-0.39, 0.29) is 11.6 Å². The molecule has 182 valence electrons. The summed E-state index contributed by atoms with van der Waals surface area (Å²) in [6.45, 7) is 3.23. The Morgan fingerprint density at radius 2 is 2.06 bits per heavy atom. The molecule has 2 fully saturated rings. The summed E-state index contributed by atoms with van der Waals surface area (Å²) in [5.41, 5.74) is 3.32. The number of aryl methyl sites for hydroxylation is 1. The second kappa shape index (κ2) is 9.14. The van der Waals surface area contributed by atoms with Crippen molar-refractivity contribution >= 4 is 29.1 Å². The zero-order valence-electron chi connectivity index (χ0n) is 19.9. The SMILES string of the molecule is CC1CC/C1=C\C=C(NC(=O)c1ccnn1C)C(=O)Nc1ccc2c(c1)NC(=O)C21CCOCC1. The molecule has 3 N–H and O–H groups in total. The molecular weight excluding hydrogens is 446 g/mol. The van der Waals surface area contributed by atoms with Gasteiger partial charge in [0.15, 0.2) is 0 Å². The average Bonchev–Trinajstić information content (AvgIpc) is 3.38. The summed E-state index contributed by atoms with van der Waals surface area (Å²) in [5.74, 6) is -0.422. The highest BCUT2D eigenvalue weighted by atomic mass is 16.5. The normalized spacial score (nSPS) is 21.9. The van der Waals surface area contributed by atoms with E-state index in [1.54, 1.807) is 31.3 Å². The number of hydrogen-bond donors (Lipinski definition) is 3. The van der Waals surface area contributed by atoms with Crippen LogP contribution >= 0.6 is 0 Å². The van der Waals surface area contributed by atoms with E-state index in [1.807, 2.05) is 12.1 Å². The second-order valence-electron chi connectivity index (χ2n) is 9.42. The van der Waals surface area contributed by atoms with Gasteiger partial charge in [0, 0.05) is 37.8 Å². The van der Waals surface area contributed by atoms with Crippen molar-refractivity contribution in [1.82, 2.24) is 15.1 Å². The summed E-state index contributed by atoms with van der Waals surface area (Å²) in [4.78, 5) is 38.8. The number of anilines is 2. The van der Waals surface area contributed by atoms with E-state index in [2.05, 4.69) is 28.0 Å². The Morgan fingerprint density at radius 1 is 1.26 bits per heavy atom. The fourth-order valence-corrected chi connectivity index (χ4v) is 4.92. The number of ether oxygens (including phenoxy) is 1. The van der Waals surface area contributed by atoms with Gasteiger partial charge >= 0.3 is 0 Å². The van der Waals surface area contributed by atoms with E-state index in [0.29, 0.717) is 49.0 Å². The first-order chi connectivity index (χ1) is 16.9. The number of amides is 3. The van der Waals surface area contributed by atoms with E-state index in [4.69, 9.17) is 4.74 Å². The van der Waals surface area contributed by atoms with Gasteiger partial charge in [0.2, 0.25) is 5.91 Å². The molecule has 9 nitrogen and oxygen atoms in total. The van der Waals surface area contributed by atoms with Crippen LogP contribution in [0.2, 0.25) is 0 Å². The maximum absolute atomic E-state index is 13.2. The third kappa shape index (κ3) is 4.27. The molecule has 1 atom stereocenters. The summed E-state index contributed by atoms with van der Waals surface area (Å²) < 4.78 is 6.91. The molecule has 1 unspecified atom stereocenters. The number of rotatable bonds is 5. The van der Waals surface area contributed by atoms with Gasteiger partial charge in [-0.3, -0.25) is 19.1 Å². The highest BCUT2D eigenvalue weighted by Crippen LogP contribution is 2.45. The average molecular weight is 476 g/mol. The zero-order chi connectivity index (χ0) is 24.6. The Labute approximate surface area is 203 Å². The van der Waals surface area contributed by atoms with Crippen LogP contribution < -0.4 is 16.0 Å². The van der Waals surface area contributed by atoms with Crippen LogP contribution in [0.25, 0.3) is 0 Å². The van der Waals surface area contributed by atoms with Crippen molar-refractivity contribution in [2.75, 3.05) is 23.8 Å². The summed E-state index contributed by atoms with van der Waals surface area (Å²) in [6.07, 6.45) is 8.47. The van der Waals surface area contributed by atoms with Gasteiger partial charge in [-0.15, -0.1) is 0 Å². The predicted octanol–water partition coefficient (Wildman–Crippen LogP) is 3.03. The standard InChI is InChI=1S/C26H29N5O4/c1-16-3-4-17(16)5-8-20(29-24(33)22-9-12-27-31(22)2)23(32)28-18-6-7-19-21(15-18)30-25(34)26(19)10-13-35-14-11-26/h5-9,12,15-16H,3-4,10-11,13-14H2,1-2H3,(H,28,32)(H,29,33)(H,30,34)/b17-5+,20-8?. The molecule has 2 aliphatic heterocycles. The van der Waals surface area contributed by atoms with Gasteiger partial charge in [-0.1, -0.05) is 24.6 Å². The fourth-order valence-electron chi connectivity index (χ4n) is 4.92. The Balaban J connectivity index is 1.37. The molecule has 1 saturated carbocycles. The van der Waals surface area contributed by atoms with Crippen LogP contribution in [0.1, 0.15) is 48.7 Å². The summed E-state index contributed by atoms with van der Waals surface area (Å²) in [6, 6.07) is 7.04. The maximum Gasteiger partial charge on any atom is 0.274 e. The largest absolute Gasteiger partial charge is 0.381 e. The Hall–Kier alpha value is -3.72. The number of nitrogens with zero attached hydrogens (tertiary/aromatic N) is 2. The van der Waals surface area contributed by atoms with Crippen LogP contribution in [0.3, 0.4) is 0 Å². The van der Waals surface area contributed by atoms with Gasteiger partial charge in [-0.2, -0.15) is 5.10 Å². The molecule has 1 spiro atoms. The Bertz CT molecular complexity index is 1250. The van der Waals surface area contributed by atoms with Crippen LogP contribution in [0.4, 0.5) is 11.4 Å². The number of nitrogens with one attached hydrogen (secondary N) is 3. The molecule has 35 heavy (non-hydrogen) atoms. The third-order valence-electron chi connectivity index (χ3n) is 7.33. The summed E-state index contributed by atoms with van der Waals surface area (Å²) in [5, 5.41) is 12.6. The molecule has 9 heteroatoms. The van der Waals surface area contributed by atoms with E-state index in [9.17, 15) is 14.4 Å².